The fraction of sp³-hybridized carbons (Fsp3) is 0.540. The number of ether oxygens (including phenoxy) is 4. The van der Waals surface area contributed by atoms with Gasteiger partial charge in [-0.05, 0) is 39.8 Å². The van der Waals surface area contributed by atoms with Crippen LogP contribution in [0, 0.1) is 29.6 Å². The lowest BCUT2D eigenvalue weighted by Crippen LogP contribution is -2.52. The first-order valence-corrected chi connectivity index (χ1v) is 23.0. The van der Waals surface area contributed by atoms with Crippen molar-refractivity contribution >= 4 is 29.0 Å². The minimum atomic E-state index is -1.95. The summed E-state index contributed by atoms with van der Waals surface area (Å²) < 4.78 is 30.7. The Hall–Kier alpha value is -5.75. The Bertz CT molecular complexity index is 2560. The van der Waals surface area contributed by atoms with Crippen LogP contribution in [0.4, 0.5) is 5.69 Å². The van der Waals surface area contributed by atoms with Gasteiger partial charge in [-0.2, -0.15) is 0 Å². The molecule has 13 atom stereocenters. The van der Waals surface area contributed by atoms with Crippen LogP contribution in [0.25, 0.3) is 17.2 Å². The topological polar surface area (TPSA) is 231 Å². The zero-order valence-electron chi connectivity index (χ0n) is 39.6. The average molecular weight is 927 g/mol. The molecule has 5 aliphatic heterocycles. The van der Waals surface area contributed by atoms with Crippen LogP contribution >= 0.6 is 0 Å². The molecule has 8 aliphatic rings. The maximum absolute atomic E-state index is 14.5. The molecule has 6 bridgehead atoms. The molecule has 2 fully saturated rings. The normalized spacial score (nSPS) is 36.8. The van der Waals surface area contributed by atoms with Crippen LogP contribution in [-0.4, -0.2) is 118 Å². The molecule has 67 heavy (non-hydrogen) atoms. The number of rotatable bonds is 3. The summed E-state index contributed by atoms with van der Waals surface area (Å²) in [5.74, 6) is -10.1. The predicted octanol–water partition coefficient (Wildman–Crippen LogP) is 5.15. The Kier molecular flexibility index (Phi) is 12.9. The number of carbonyl (C=O) groups excluding carboxylic acids is 3. The van der Waals surface area contributed by atoms with Crippen molar-refractivity contribution in [2.75, 3.05) is 32.1 Å². The maximum atomic E-state index is 14.5. The van der Waals surface area contributed by atoms with Crippen molar-refractivity contribution < 1.29 is 58.2 Å². The number of aliphatic hydroxyl groups is 4. The molecule has 5 heterocycles. The number of aromatic nitrogens is 1. The predicted molar refractivity (Wildman–Crippen MR) is 245 cm³/mol. The summed E-state index contributed by atoms with van der Waals surface area (Å²) in [6.07, 6.45) is 5.77. The second kappa shape index (κ2) is 18.1. The summed E-state index contributed by atoms with van der Waals surface area (Å²) in [6.45, 7) is 14.1. The molecular weight excluding hydrogens is 865 g/mol. The molecule has 0 radical (unpaired) electrons. The summed E-state index contributed by atoms with van der Waals surface area (Å²) in [6, 6.07) is 3.89. The van der Waals surface area contributed by atoms with E-state index in [1.165, 1.54) is 52.4 Å². The molecule has 1 amide bonds. The number of methoxy groups -OCH3 is 1. The molecule has 17 nitrogen and oxygen atoms in total. The smallest absolute Gasteiger partial charge is 0.306 e. The highest BCUT2D eigenvalue weighted by molar-refractivity contribution is 6.06. The highest BCUT2D eigenvalue weighted by atomic mass is 16.7. The van der Waals surface area contributed by atoms with E-state index in [1.807, 2.05) is 0 Å². The van der Waals surface area contributed by atoms with Crippen molar-refractivity contribution in [3.63, 3.8) is 0 Å². The number of fused-ring (bicyclic) bond motifs is 4. The Labute approximate surface area is 389 Å². The zero-order valence-corrected chi connectivity index (χ0v) is 39.6. The van der Waals surface area contributed by atoms with Gasteiger partial charge in [0, 0.05) is 98.8 Å². The summed E-state index contributed by atoms with van der Waals surface area (Å²) >= 11 is 0. The third-order valence-corrected chi connectivity index (χ3v) is 15.1. The van der Waals surface area contributed by atoms with Crippen molar-refractivity contribution in [3.8, 4) is 11.5 Å². The van der Waals surface area contributed by atoms with E-state index >= 15 is 0 Å². The van der Waals surface area contributed by atoms with Crippen molar-refractivity contribution in [1.29, 1.82) is 0 Å². The number of allylic oxidation sites excluding steroid dienone is 5. The number of nitrogens with zero attached hydrogens (tertiary/aromatic N) is 3. The average Bonchev–Trinajstić information content (AvgIpc) is 3.65. The Morgan fingerprint density at radius 1 is 0.955 bits per heavy atom. The fourth-order valence-corrected chi connectivity index (χ4v) is 10.8. The summed E-state index contributed by atoms with van der Waals surface area (Å²) in [7, 11) is 3.57. The molecule has 360 valence electrons. The number of benzene rings is 1. The summed E-state index contributed by atoms with van der Waals surface area (Å²) in [4.78, 5) is 64.5. The first kappa shape index (κ1) is 47.7. The lowest BCUT2D eigenvalue weighted by molar-refractivity contribution is -0.160. The number of hydrogen-bond acceptors (Lipinski definition) is 16. The fourth-order valence-electron chi connectivity index (χ4n) is 10.8. The third-order valence-electron chi connectivity index (χ3n) is 15.1. The number of hydrogen-bond donors (Lipinski definition) is 5. The van der Waals surface area contributed by atoms with Gasteiger partial charge in [-0.1, -0.05) is 45.9 Å². The molecule has 0 aromatic heterocycles. The van der Waals surface area contributed by atoms with Crippen LogP contribution in [-0.2, 0) is 33.3 Å². The minimum Gasteiger partial charge on any atom is -0.509 e. The van der Waals surface area contributed by atoms with Gasteiger partial charge in [-0.25, -0.2) is 4.98 Å². The standard InChI is InChI=1S/C50H62N4O13/c1-22-12-11-13-23(2)49(62)52-40-44(60)36-35(39-47(40)66-34-19-31(18-32(56)38(34)51-39)54-20-29-14-15-30(21-54)53(29)9)37-46(27(6)43(36)59)67-50(8,48(37)61)64-17-16-33(63-10)24(3)45(65-28(7)55)26(5)42(58)25(4)41(22)57/h11-13,16-19,22,24-26,29-30,33,35-36,41-42,45,57-58,60-61H,14-15,20-21H2,1-10H3,(H,52,62)/b12-11+,17-16+,23-13-/t22-,24+,25+,26+,29?,30?,33-,35?,36?,41-,42+,45+,50-/m0/s1. The molecule has 3 aliphatic carbocycles. The largest absolute Gasteiger partial charge is 0.509 e. The molecule has 0 spiro atoms. The van der Waals surface area contributed by atoms with E-state index in [0.29, 0.717) is 30.9 Å². The van der Waals surface area contributed by atoms with Crippen LogP contribution in [0.3, 0.4) is 0 Å². The highest BCUT2D eigenvalue weighted by Gasteiger charge is 2.58. The second-order valence-electron chi connectivity index (χ2n) is 19.3. The number of amides is 1. The number of esters is 1. The van der Waals surface area contributed by atoms with Gasteiger partial charge in [0.25, 0.3) is 5.91 Å². The Balaban J connectivity index is 1.28. The SMILES string of the molecule is CO[C@H]1/C=C/O[C@@]2(C)OC3=C(C)C(=O)C4C(O)=C(NC(=O)/C(C)=C\C=C\[C@H](C)[C@H](O)[C@@H](C)[C@@H](O)[C@@H](C)[C@H](OC(C)=O)[C@@H]1C)c1oc5cc(N6CC7CCC(C6)N7C)cc(=O)c-5nc1C4C3=C2O. The van der Waals surface area contributed by atoms with E-state index in [2.05, 4.69) is 22.2 Å². The number of likely N-dealkylation sites (N-methyl/N-ethyl adjacent to an activating group) is 1. The van der Waals surface area contributed by atoms with E-state index in [1.54, 1.807) is 52.8 Å². The van der Waals surface area contributed by atoms with Gasteiger partial charge in [0.1, 0.15) is 23.3 Å². The van der Waals surface area contributed by atoms with E-state index in [-0.39, 0.29) is 51.1 Å². The van der Waals surface area contributed by atoms with Gasteiger partial charge in [0.2, 0.25) is 5.43 Å². The summed E-state index contributed by atoms with van der Waals surface area (Å²) in [5.41, 5.74) is 0.170. The molecule has 17 heteroatoms. The quantitative estimate of drug-likeness (QED) is 0.251. The van der Waals surface area contributed by atoms with Crippen LogP contribution in [0.5, 0.6) is 0 Å². The van der Waals surface area contributed by atoms with E-state index in [4.69, 9.17) is 28.3 Å². The highest BCUT2D eigenvalue weighted by Crippen LogP contribution is 2.56. The van der Waals surface area contributed by atoms with Crippen molar-refractivity contribution in [2.45, 2.75) is 116 Å². The molecule has 0 aromatic rings. The van der Waals surface area contributed by atoms with Gasteiger partial charge in [0.05, 0.1) is 47.7 Å². The van der Waals surface area contributed by atoms with Gasteiger partial charge >= 0.3 is 11.8 Å². The molecule has 2 saturated heterocycles. The molecule has 4 unspecified atom stereocenters. The van der Waals surface area contributed by atoms with Gasteiger partial charge in [-0.15, -0.1) is 0 Å². The molecule has 0 aromatic carbocycles. The lowest BCUT2D eigenvalue weighted by Gasteiger charge is -2.40. The Morgan fingerprint density at radius 3 is 2.30 bits per heavy atom. The first-order chi connectivity index (χ1) is 31.7. The first-order valence-electron chi connectivity index (χ1n) is 23.0. The third kappa shape index (κ3) is 8.27. The maximum Gasteiger partial charge on any atom is 0.306 e. The van der Waals surface area contributed by atoms with Crippen molar-refractivity contribution in [2.24, 2.45) is 29.6 Å². The number of anilines is 1. The van der Waals surface area contributed by atoms with Gasteiger partial charge in [0.15, 0.2) is 28.8 Å². The molecular formula is C50H62N4O13. The van der Waals surface area contributed by atoms with Crippen LogP contribution in [0.15, 0.2) is 85.9 Å². The minimum absolute atomic E-state index is 0.00889. The Morgan fingerprint density at radius 2 is 1.64 bits per heavy atom. The van der Waals surface area contributed by atoms with Crippen molar-refractivity contribution in [1.82, 2.24) is 15.2 Å². The van der Waals surface area contributed by atoms with E-state index in [9.17, 15) is 39.6 Å². The van der Waals surface area contributed by atoms with Crippen LogP contribution in [0.2, 0.25) is 0 Å². The molecule has 5 N–H and O–H groups in total. The second-order valence-corrected chi connectivity index (χ2v) is 19.3. The van der Waals surface area contributed by atoms with Crippen molar-refractivity contribution in [3.05, 3.63) is 98.4 Å². The number of piperazine rings is 1. The number of aliphatic hydroxyl groups excluding tert-OH is 4. The van der Waals surface area contributed by atoms with Crippen LogP contribution in [0.1, 0.15) is 85.6 Å². The molecule has 8 rings (SSSR count). The van der Waals surface area contributed by atoms with Gasteiger partial charge < -0.3 is 54.0 Å². The zero-order chi connectivity index (χ0) is 48.5. The number of Topliss-reactive ketones (excluding diaryl/α,β-unsaturated/α-hetero) is 1. The summed E-state index contributed by atoms with van der Waals surface area (Å²) in [5, 5.41) is 50.3. The number of carbonyl (C=O) groups is 3. The number of nitrogens with one attached hydrogen (secondary N) is 1. The van der Waals surface area contributed by atoms with Crippen LogP contribution < -0.4 is 15.6 Å². The lowest BCUT2D eigenvalue weighted by atomic mass is 9.69. The van der Waals surface area contributed by atoms with E-state index in [0.717, 1.165) is 12.8 Å². The van der Waals surface area contributed by atoms with E-state index < -0.39 is 100 Å². The van der Waals surface area contributed by atoms with Gasteiger partial charge in [-0.3, -0.25) is 24.1 Å². The monoisotopic (exact) mass is 926 g/mol. The number of ketones is 1. The molecule has 0 saturated carbocycles.